The lowest BCUT2D eigenvalue weighted by Crippen LogP contribution is -2.52. The van der Waals surface area contributed by atoms with E-state index in [1.54, 1.807) is 11.1 Å². The number of allylic oxidation sites excluding steroid dienone is 2. The molecule has 42 heavy (non-hydrogen) atoms. The summed E-state index contributed by atoms with van der Waals surface area (Å²) in [6, 6.07) is 9.35. The van der Waals surface area contributed by atoms with Crippen molar-refractivity contribution in [3.8, 4) is 0 Å². The van der Waals surface area contributed by atoms with Gasteiger partial charge in [-0.25, -0.2) is 0 Å². The van der Waals surface area contributed by atoms with Crippen LogP contribution in [-0.4, -0.2) is 44.7 Å². The van der Waals surface area contributed by atoms with Gasteiger partial charge in [0, 0.05) is 50.4 Å². The van der Waals surface area contributed by atoms with E-state index in [1.165, 1.54) is 30.5 Å². The van der Waals surface area contributed by atoms with Gasteiger partial charge in [0.25, 0.3) is 0 Å². The number of anilines is 1. The van der Waals surface area contributed by atoms with Crippen LogP contribution in [0.1, 0.15) is 111 Å². The van der Waals surface area contributed by atoms with Gasteiger partial charge < -0.3 is 19.1 Å². The first-order chi connectivity index (χ1) is 19.7. The molecule has 1 aromatic carbocycles. The first kappa shape index (κ1) is 30.2. The Bertz CT molecular complexity index is 1200. The van der Waals surface area contributed by atoms with E-state index in [1.807, 2.05) is 20.8 Å². The fraction of sp³-hybridized carbons (Fsp3) is 0.757. The zero-order valence-electron chi connectivity index (χ0n) is 27.6. The fourth-order valence-electron chi connectivity index (χ4n) is 9.55. The molecule has 0 aromatic heterocycles. The summed E-state index contributed by atoms with van der Waals surface area (Å²) in [5.41, 5.74) is 5.98. The molecule has 1 aliphatic heterocycles. The van der Waals surface area contributed by atoms with E-state index < -0.39 is 11.4 Å². The van der Waals surface area contributed by atoms with Crippen LogP contribution < -0.4 is 4.90 Å². The molecule has 6 rings (SSSR count). The van der Waals surface area contributed by atoms with Crippen molar-refractivity contribution >= 4 is 11.7 Å². The molecule has 1 saturated heterocycles. The molecule has 3 saturated carbocycles. The third-order valence-electron chi connectivity index (χ3n) is 11.6. The second-order valence-corrected chi connectivity index (χ2v) is 16.6. The van der Waals surface area contributed by atoms with Gasteiger partial charge in [-0.3, -0.25) is 4.79 Å². The van der Waals surface area contributed by atoms with E-state index in [0.717, 1.165) is 45.3 Å². The number of carbonyl (C=O) groups is 1. The molecule has 5 heteroatoms. The van der Waals surface area contributed by atoms with Crippen LogP contribution in [-0.2, 0) is 19.0 Å². The zero-order chi connectivity index (χ0) is 30.1. The Morgan fingerprint density at radius 3 is 2.31 bits per heavy atom. The van der Waals surface area contributed by atoms with Gasteiger partial charge in [-0.1, -0.05) is 44.1 Å². The highest BCUT2D eigenvalue weighted by molar-refractivity contribution is 5.70. The van der Waals surface area contributed by atoms with Crippen LogP contribution in [0.4, 0.5) is 5.69 Å². The van der Waals surface area contributed by atoms with Crippen molar-refractivity contribution in [1.82, 2.24) is 0 Å². The third kappa shape index (κ3) is 5.58. The first-order valence-electron chi connectivity index (χ1n) is 16.7. The van der Waals surface area contributed by atoms with E-state index in [-0.39, 0.29) is 16.8 Å². The molecule has 4 fully saturated rings. The SMILES string of the molecule is CN(C)c1ccc([C@H]2C[C@]3(C)[C@H](CC(=O)OC(C)(C)C)CC[C@H]3[C@@H]3CC[C@H]4CC5(CCC4=C32)OCC(C)(C)CO5)cc1. The number of rotatable bonds is 4. The fourth-order valence-corrected chi connectivity index (χ4v) is 9.55. The van der Waals surface area contributed by atoms with Crippen LogP contribution in [0.3, 0.4) is 0 Å². The van der Waals surface area contributed by atoms with Crippen LogP contribution >= 0.6 is 0 Å². The minimum atomic E-state index is -0.435. The number of ether oxygens (including phenoxy) is 3. The minimum Gasteiger partial charge on any atom is -0.460 e. The number of carbonyl (C=O) groups excluding carboxylic acids is 1. The normalized spacial score (nSPS) is 35.3. The van der Waals surface area contributed by atoms with Gasteiger partial charge in [-0.15, -0.1) is 0 Å². The van der Waals surface area contributed by atoms with Crippen LogP contribution in [0.15, 0.2) is 35.4 Å². The van der Waals surface area contributed by atoms with E-state index in [2.05, 4.69) is 64.0 Å². The Labute approximate surface area is 254 Å². The van der Waals surface area contributed by atoms with Crippen molar-refractivity contribution in [3.63, 3.8) is 0 Å². The Kier molecular flexibility index (Phi) is 7.65. The summed E-state index contributed by atoms with van der Waals surface area (Å²) in [7, 11) is 4.23. The third-order valence-corrected chi connectivity index (χ3v) is 11.6. The van der Waals surface area contributed by atoms with Crippen LogP contribution in [0.5, 0.6) is 0 Å². The van der Waals surface area contributed by atoms with Gasteiger partial charge in [0.05, 0.1) is 13.2 Å². The van der Waals surface area contributed by atoms with Crippen LogP contribution in [0, 0.1) is 34.5 Å². The molecule has 5 aliphatic rings. The Hall–Kier alpha value is -1.85. The maximum absolute atomic E-state index is 13.1. The van der Waals surface area contributed by atoms with Crippen LogP contribution in [0.2, 0.25) is 0 Å². The lowest BCUT2D eigenvalue weighted by atomic mass is 9.51. The van der Waals surface area contributed by atoms with Gasteiger partial charge in [0.15, 0.2) is 5.79 Å². The maximum Gasteiger partial charge on any atom is 0.306 e. The van der Waals surface area contributed by atoms with Crippen molar-refractivity contribution in [2.75, 3.05) is 32.2 Å². The van der Waals surface area contributed by atoms with E-state index in [4.69, 9.17) is 14.2 Å². The Morgan fingerprint density at radius 1 is 0.976 bits per heavy atom. The van der Waals surface area contributed by atoms with E-state index >= 15 is 0 Å². The molecular formula is C37H55NO4. The number of hydrogen-bond acceptors (Lipinski definition) is 5. The van der Waals surface area contributed by atoms with Crippen LogP contribution in [0.25, 0.3) is 0 Å². The maximum atomic E-state index is 13.1. The van der Waals surface area contributed by atoms with Gasteiger partial charge in [-0.2, -0.15) is 0 Å². The van der Waals surface area contributed by atoms with Gasteiger partial charge in [0.1, 0.15) is 5.60 Å². The molecule has 0 unspecified atom stereocenters. The Morgan fingerprint density at radius 2 is 1.67 bits per heavy atom. The van der Waals surface area contributed by atoms with Gasteiger partial charge >= 0.3 is 5.97 Å². The lowest BCUT2D eigenvalue weighted by molar-refractivity contribution is -0.312. The van der Waals surface area contributed by atoms with Gasteiger partial charge in [0.2, 0.25) is 0 Å². The highest BCUT2D eigenvalue weighted by atomic mass is 16.7. The predicted molar refractivity (Wildman–Crippen MR) is 168 cm³/mol. The second-order valence-electron chi connectivity index (χ2n) is 16.6. The number of esters is 1. The molecule has 5 nitrogen and oxygen atoms in total. The van der Waals surface area contributed by atoms with E-state index in [0.29, 0.717) is 36.0 Å². The average molecular weight is 578 g/mol. The van der Waals surface area contributed by atoms with Crippen molar-refractivity contribution in [1.29, 1.82) is 0 Å². The standard InChI is InChI=1S/C37H55NO4/c1-34(2,3)42-32(39)19-26-12-16-31-29-15-11-25-20-37(40-22-35(4,5)23-41-37)18-17-28(25)33(29)30(21-36(26,31)6)24-9-13-27(14-10-24)38(7)8/h9-10,13-14,25-26,29-31H,11-12,15-23H2,1-8H3/t25-,26-,29-,30+,31-,36+/m0/s1. The average Bonchev–Trinajstić information content (AvgIpc) is 3.24. The molecule has 1 aromatic rings. The van der Waals surface area contributed by atoms with Crippen molar-refractivity contribution < 1.29 is 19.0 Å². The van der Waals surface area contributed by atoms with Gasteiger partial charge in [-0.05, 0) is 106 Å². The molecule has 1 heterocycles. The van der Waals surface area contributed by atoms with Crippen molar-refractivity contribution in [3.05, 3.63) is 41.0 Å². The summed E-state index contributed by atoms with van der Waals surface area (Å²) < 4.78 is 18.9. The molecule has 0 radical (unpaired) electrons. The molecule has 6 atom stereocenters. The lowest BCUT2D eigenvalue weighted by Gasteiger charge is -2.55. The summed E-state index contributed by atoms with van der Waals surface area (Å²) in [6.07, 6.45) is 9.59. The smallest absolute Gasteiger partial charge is 0.306 e. The highest BCUT2D eigenvalue weighted by Gasteiger charge is 2.58. The summed E-state index contributed by atoms with van der Waals surface area (Å²) in [4.78, 5) is 15.3. The Balaban J connectivity index is 1.34. The summed E-state index contributed by atoms with van der Waals surface area (Å²) in [5.74, 6) is 2.18. The molecule has 4 aliphatic carbocycles. The number of hydrogen-bond donors (Lipinski definition) is 0. The highest BCUT2D eigenvalue weighted by Crippen LogP contribution is 2.67. The minimum absolute atomic E-state index is 0.0256. The summed E-state index contributed by atoms with van der Waals surface area (Å²) >= 11 is 0. The zero-order valence-corrected chi connectivity index (χ0v) is 27.6. The largest absolute Gasteiger partial charge is 0.460 e. The molecule has 0 bridgehead atoms. The molecule has 1 spiro atoms. The quantitative estimate of drug-likeness (QED) is 0.266. The predicted octanol–water partition coefficient (Wildman–Crippen LogP) is 8.28. The first-order valence-corrected chi connectivity index (χ1v) is 16.7. The number of benzene rings is 1. The monoisotopic (exact) mass is 577 g/mol. The summed E-state index contributed by atoms with van der Waals surface area (Å²) in [6.45, 7) is 14.5. The molecule has 0 N–H and O–H groups in total. The van der Waals surface area contributed by atoms with Crippen molar-refractivity contribution in [2.24, 2.45) is 34.5 Å². The summed E-state index contributed by atoms with van der Waals surface area (Å²) in [5, 5.41) is 0. The molecule has 0 amide bonds. The number of fused-ring (bicyclic) bond motifs is 4. The molecular weight excluding hydrogens is 522 g/mol. The number of nitrogens with zero attached hydrogens (tertiary/aromatic N) is 1. The topological polar surface area (TPSA) is 48.0 Å². The second kappa shape index (κ2) is 10.6. The van der Waals surface area contributed by atoms with E-state index in [9.17, 15) is 4.79 Å². The van der Waals surface area contributed by atoms with Crippen molar-refractivity contribution in [2.45, 2.75) is 117 Å². The molecule has 232 valence electrons.